The average Bonchev–Trinajstić information content (AvgIpc) is 2.53. The third-order valence-electron chi connectivity index (χ3n) is 3.73. The van der Waals surface area contributed by atoms with Gasteiger partial charge in [-0.2, -0.15) is 0 Å². The summed E-state index contributed by atoms with van der Waals surface area (Å²) in [7, 11) is -3.18. The van der Waals surface area contributed by atoms with Gasteiger partial charge in [-0.25, -0.2) is 8.42 Å². The summed E-state index contributed by atoms with van der Waals surface area (Å²) in [4.78, 5) is 14.3. The number of sulfone groups is 1. The number of carbonyl (C=O) groups is 1. The Kier molecular flexibility index (Phi) is 5.36. The zero-order valence-electron chi connectivity index (χ0n) is 12.3. The van der Waals surface area contributed by atoms with Crippen molar-refractivity contribution in [3.63, 3.8) is 0 Å². The molecule has 0 radical (unpaired) electrons. The standard InChI is InChI=1S/C15H22N2O3S/c1-2-21(19,20)14-5-3-4-13(12-14)6-7-15(18)17-10-8-16-9-11-17/h3-5,12,16H,2,6-11H2,1H3. The lowest BCUT2D eigenvalue weighted by atomic mass is 10.1. The van der Waals surface area contributed by atoms with Gasteiger partial charge in [-0.05, 0) is 24.1 Å². The van der Waals surface area contributed by atoms with Crippen molar-refractivity contribution in [2.75, 3.05) is 31.9 Å². The summed E-state index contributed by atoms with van der Waals surface area (Å²) in [5.74, 6) is 0.233. The van der Waals surface area contributed by atoms with Crippen molar-refractivity contribution in [1.82, 2.24) is 10.2 Å². The number of hydrogen-bond acceptors (Lipinski definition) is 4. The van der Waals surface area contributed by atoms with Gasteiger partial charge in [0.2, 0.25) is 5.91 Å². The van der Waals surface area contributed by atoms with Crippen LogP contribution in [0.2, 0.25) is 0 Å². The second-order valence-corrected chi connectivity index (χ2v) is 7.46. The van der Waals surface area contributed by atoms with Gasteiger partial charge < -0.3 is 10.2 Å². The second-order valence-electron chi connectivity index (χ2n) is 5.18. The van der Waals surface area contributed by atoms with Crippen LogP contribution in [0.5, 0.6) is 0 Å². The predicted molar refractivity (Wildman–Crippen MR) is 81.9 cm³/mol. The topological polar surface area (TPSA) is 66.5 Å². The number of hydrogen-bond donors (Lipinski definition) is 1. The molecule has 1 heterocycles. The number of nitrogens with one attached hydrogen (secondary N) is 1. The van der Waals surface area contributed by atoms with Crippen molar-refractivity contribution in [1.29, 1.82) is 0 Å². The normalized spacial score (nSPS) is 16.0. The fourth-order valence-corrected chi connectivity index (χ4v) is 3.33. The van der Waals surface area contributed by atoms with E-state index in [4.69, 9.17) is 0 Å². The van der Waals surface area contributed by atoms with Crippen LogP contribution < -0.4 is 5.32 Å². The molecule has 1 amide bonds. The van der Waals surface area contributed by atoms with Crippen LogP contribution in [0.1, 0.15) is 18.9 Å². The number of carbonyl (C=O) groups excluding carboxylic acids is 1. The molecule has 0 aliphatic carbocycles. The molecule has 1 N–H and O–H groups in total. The third kappa shape index (κ3) is 4.28. The van der Waals surface area contributed by atoms with Crippen LogP contribution in [0.3, 0.4) is 0 Å². The Bertz CT molecular complexity index is 593. The maximum Gasteiger partial charge on any atom is 0.222 e. The molecule has 1 aliphatic heterocycles. The van der Waals surface area contributed by atoms with E-state index in [0.29, 0.717) is 17.7 Å². The Morgan fingerprint density at radius 3 is 2.67 bits per heavy atom. The van der Waals surface area contributed by atoms with E-state index in [0.717, 1.165) is 31.7 Å². The van der Waals surface area contributed by atoms with Crippen LogP contribution in [0.15, 0.2) is 29.2 Å². The Morgan fingerprint density at radius 2 is 2.00 bits per heavy atom. The molecule has 6 heteroatoms. The van der Waals surface area contributed by atoms with Crippen molar-refractivity contribution in [2.45, 2.75) is 24.7 Å². The van der Waals surface area contributed by atoms with E-state index in [9.17, 15) is 13.2 Å². The number of aryl methyl sites for hydroxylation is 1. The van der Waals surface area contributed by atoms with Crippen LogP contribution in [-0.2, 0) is 21.1 Å². The maximum atomic E-state index is 12.1. The van der Waals surface area contributed by atoms with E-state index in [-0.39, 0.29) is 11.7 Å². The average molecular weight is 310 g/mol. The molecule has 5 nitrogen and oxygen atoms in total. The number of amides is 1. The molecule has 2 rings (SSSR count). The molecule has 1 saturated heterocycles. The molecule has 0 aromatic heterocycles. The molecular weight excluding hydrogens is 288 g/mol. The molecule has 1 aromatic carbocycles. The van der Waals surface area contributed by atoms with Gasteiger partial charge in [0.05, 0.1) is 10.6 Å². The Balaban J connectivity index is 1.97. The van der Waals surface area contributed by atoms with Crippen LogP contribution in [0.25, 0.3) is 0 Å². The summed E-state index contributed by atoms with van der Waals surface area (Å²) >= 11 is 0. The lowest BCUT2D eigenvalue weighted by molar-refractivity contribution is -0.131. The van der Waals surface area contributed by atoms with Crippen molar-refractivity contribution in [3.05, 3.63) is 29.8 Å². The second kappa shape index (κ2) is 7.04. The third-order valence-corrected chi connectivity index (χ3v) is 5.47. The van der Waals surface area contributed by atoms with Gasteiger partial charge in [0.15, 0.2) is 9.84 Å². The minimum atomic E-state index is -3.18. The predicted octanol–water partition coefficient (Wildman–Crippen LogP) is 0.845. The fourth-order valence-electron chi connectivity index (χ4n) is 2.38. The molecular formula is C15H22N2O3S. The highest BCUT2D eigenvalue weighted by Gasteiger charge is 2.16. The quantitative estimate of drug-likeness (QED) is 0.875. The lowest BCUT2D eigenvalue weighted by Gasteiger charge is -2.27. The minimum absolute atomic E-state index is 0.0934. The summed E-state index contributed by atoms with van der Waals surface area (Å²) in [6.45, 7) is 4.83. The van der Waals surface area contributed by atoms with E-state index < -0.39 is 9.84 Å². The summed E-state index contributed by atoms with van der Waals surface area (Å²) < 4.78 is 23.7. The highest BCUT2D eigenvalue weighted by Crippen LogP contribution is 2.15. The van der Waals surface area contributed by atoms with Gasteiger partial charge in [0, 0.05) is 32.6 Å². The van der Waals surface area contributed by atoms with Gasteiger partial charge in [-0.1, -0.05) is 19.1 Å². The van der Waals surface area contributed by atoms with Gasteiger partial charge in [-0.3, -0.25) is 4.79 Å². The van der Waals surface area contributed by atoms with Crippen molar-refractivity contribution in [3.8, 4) is 0 Å². The molecule has 1 aromatic rings. The summed E-state index contributed by atoms with van der Waals surface area (Å²) in [6, 6.07) is 6.91. The molecule has 116 valence electrons. The Hall–Kier alpha value is -1.40. The molecule has 0 bridgehead atoms. The zero-order valence-corrected chi connectivity index (χ0v) is 13.2. The molecule has 0 saturated carbocycles. The van der Waals surface area contributed by atoms with Crippen LogP contribution >= 0.6 is 0 Å². The Morgan fingerprint density at radius 1 is 1.29 bits per heavy atom. The summed E-state index contributed by atoms with van der Waals surface area (Å²) in [6.07, 6.45) is 1.01. The summed E-state index contributed by atoms with van der Waals surface area (Å²) in [5, 5.41) is 3.21. The first-order valence-corrected chi connectivity index (χ1v) is 8.98. The van der Waals surface area contributed by atoms with E-state index in [1.54, 1.807) is 25.1 Å². The Labute approximate surface area is 126 Å². The van der Waals surface area contributed by atoms with Crippen molar-refractivity contribution < 1.29 is 13.2 Å². The van der Waals surface area contributed by atoms with Crippen LogP contribution in [-0.4, -0.2) is 51.2 Å². The number of nitrogens with zero attached hydrogens (tertiary/aromatic N) is 1. The van der Waals surface area contributed by atoms with Crippen molar-refractivity contribution >= 4 is 15.7 Å². The van der Waals surface area contributed by atoms with Gasteiger partial charge in [0.25, 0.3) is 0 Å². The van der Waals surface area contributed by atoms with E-state index >= 15 is 0 Å². The molecule has 0 spiro atoms. The SMILES string of the molecule is CCS(=O)(=O)c1cccc(CCC(=O)N2CCNCC2)c1. The number of benzene rings is 1. The fraction of sp³-hybridized carbons (Fsp3) is 0.533. The van der Waals surface area contributed by atoms with Gasteiger partial charge >= 0.3 is 0 Å². The molecule has 21 heavy (non-hydrogen) atoms. The maximum absolute atomic E-state index is 12.1. The highest BCUT2D eigenvalue weighted by atomic mass is 32.2. The van der Waals surface area contributed by atoms with Gasteiger partial charge in [0.1, 0.15) is 0 Å². The van der Waals surface area contributed by atoms with Crippen molar-refractivity contribution in [2.24, 2.45) is 0 Å². The highest BCUT2D eigenvalue weighted by molar-refractivity contribution is 7.91. The molecule has 0 atom stereocenters. The van der Waals surface area contributed by atoms with Crippen LogP contribution in [0, 0.1) is 0 Å². The first kappa shape index (κ1) is 16.0. The van der Waals surface area contributed by atoms with Crippen LogP contribution in [0.4, 0.5) is 0 Å². The van der Waals surface area contributed by atoms with E-state index in [1.165, 1.54) is 0 Å². The van der Waals surface area contributed by atoms with Gasteiger partial charge in [-0.15, -0.1) is 0 Å². The minimum Gasteiger partial charge on any atom is -0.340 e. The smallest absolute Gasteiger partial charge is 0.222 e. The zero-order chi connectivity index (χ0) is 15.3. The number of piperazine rings is 1. The molecule has 1 aliphatic rings. The first-order valence-electron chi connectivity index (χ1n) is 7.33. The van der Waals surface area contributed by atoms with E-state index in [2.05, 4.69) is 5.32 Å². The molecule has 0 unspecified atom stereocenters. The first-order chi connectivity index (χ1) is 10.0. The van der Waals surface area contributed by atoms with E-state index in [1.807, 2.05) is 11.0 Å². The largest absolute Gasteiger partial charge is 0.340 e. The monoisotopic (exact) mass is 310 g/mol. The summed E-state index contributed by atoms with van der Waals surface area (Å²) in [5.41, 5.74) is 0.896. The number of rotatable bonds is 5. The lowest BCUT2D eigenvalue weighted by Crippen LogP contribution is -2.46. The molecule has 1 fully saturated rings.